The van der Waals surface area contributed by atoms with Crippen LogP contribution >= 0.6 is 0 Å². The Morgan fingerprint density at radius 2 is 1.70 bits per heavy atom. The van der Waals surface area contributed by atoms with Gasteiger partial charge < -0.3 is 5.32 Å². The first-order chi connectivity index (χ1) is 10.8. The smallest absolute Gasteiger partial charge is 0.252 e. The number of hydrogen-bond donors (Lipinski definition) is 1. The standard InChI is InChI=1S/C15H10F3NO3S/c16-10-5-8(6-11(17)14(10)18)15(20)19-12-7-23(21,22)13-4-2-1-3-9(12)13/h1-6,12H,7H2,(H,19,20)/t12-/m0/s1. The number of hydrogen-bond acceptors (Lipinski definition) is 3. The normalized spacial score (nSPS) is 18.5. The highest BCUT2D eigenvalue weighted by molar-refractivity contribution is 7.91. The second-order valence-electron chi connectivity index (χ2n) is 5.10. The van der Waals surface area contributed by atoms with Crippen molar-refractivity contribution in [1.29, 1.82) is 0 Å². The predicted octanol–water partition coefficient (Wildman–Crippen LogP) is 2.36. The molecule has 4 nitrogen and oxygen atoms in total. The van der Waals surface area contributed by atoms with Crippen molar-refractivity contribution in [2.24, 2.45) is 0 Å². The van der Waals surface area contributed by atoms with Crippen LogP contribution in [0.5, 0.6) is 0 Å². The van der Waals surface area contributed by atoms with Crippen LogP contribution in [-0.2, 0) is 9.84 Å². The van der Waals surface area contributed by atoms with Gasteiger partial charge in [0.05, 0.1) is 16.7 Å². The van der Waals surface area contributed by atoms with Gasteiger partial charge in [0.15, 0.2) is 27.3 Å². The van der Waals surface area contributed by atoms with Gasteiger partial charge in [-0.1, -0.05) is 18.2 Å². The molecule has 0 radical (unpaired) electrons. The van der Waals surface area contributed by atoms with Gasteiger partial charge in [0.25, 0.3) is 5.91 Å². The maximum atomic E-state index is 13.2. The van der Waals surface area contributed by atoms with Crippen LogP contribution in [0.25, 0.3) is 0 Å². The van der Waals surface area contributed by atoms with Crippen LogP contribution in [-0.4, -0.2) is 20.1 Å². The molecule has 0 fully saturated rings. The minimum absolute atomic E-state index is 0.113. The molecular weight excluding hydrogens is 331 g/mol. The van der Waals surface area contributed by atoms with Crippen molar-refractivity contribution in [2.75, 3.05) is 5.75 Å². The number of carbonyl (C=O) groups excluding carboxylic acids is 1. The fraction of sp³-hybridized carbons (Fsp3) is 0.133. The van der Waals surface area contributed by atoms with Gasteiger partial charge in [-0.05, 0) is 23.8 Å². The van der Waals surface area contributed by atoms with E-state index in [4.69, 9.17) is 0 Å². The van der Waals surface area contributed by atoms with Crippen molar-refractivity contribution in [3.8, 4) is 0 Å². The van der Waals surface area contributed by atoms with Crippen LogP contribution in [0.1, 0.15) is 22.0 Å². The van der Waals surface area contributed by atoms with E-state index >= 15 is 0 Å². The molecule has 8 heteroatoms. The molecule has 1 aliphatic heterocycles. The van der Waals surface area contributed by atoms with E-state index in [1.165, 1.54) is 6.07 Å². The first kappa shape index (κ1) is 15.5. The number of sulfone groups is 1. The Hall–Kier alpha value is -2.35. The number of halogens is 3. The molecule has 0 unspecified atom stereocenters. The molecule has 1 heterocycles. The molecule has 0 bridgehead atoms. The predicted molar refractivity (Wildman–Crippen MR) is 75.0 cm³/mol. The van der Waals surface area contributed by atoms with Gasteiger partial charge in [-0.25, -0.2) is 21.6 Å². The summed E-state index contributed by atoms with van der Waals surface area (Å²) in [5.74, 6) is -5.89. The molecule has 1 atom stereocenters. The van der Waals surface area contributed by atoms with Gasteiger partial charge in [0, 0.05) is 5.56 Å². The topological polar surface area (TPSA) is 63.2 Å². The summed E-state index contributed by atoms with van der Waals surface area (Å²) in [5.41, 5.74) is -0.0212. The number of carbonyl (C=O) groups is 1. The number of fused-ring (bicyclic) bond motifs is 1. The first-order valence-corrected chi connectivity index (χ1v) is 8.22. The van der Waals surface area contributed by atoms with Gasteiger partial charge in [0.1, 0.15) is 0 Å². The lowest BCUT2D eigenvalue weighted by Gasteiger charge is -2.13. The van der Waals surface area contributed by atoms with E-state index in [2.05, 4.69) is 5.32 Å². The minimum atomic E-state index is -3.53. The summed E-state index contributed by atoms with van der Waals surface area (Å²) < 4.78 is 63.3. The highest BCUT2D eigenvalue weighted by Crippen LogP contribution is 2.33. The van der Waals surface area contributed by atoms with E-state index in [1.54, 1.807) is 18.2 Å². The highest BCUT2D eigenvalue weighted by Gasteiger charge is 2.35. The maximum Gasteiger partial charge on any atom is 0.252 e. The molecular formula is C15H10F3NO3S. The van der Waals surface area contributed by atoms with E-state index in [-0.39, 0.29) is 10.6 Å². The van der Waals surface area contributed by atoms with Gasteiger partial charge in [0.2, 0.25) is 0 Å². The third-order valence-electron chi connectivity index (χ3n) is 3.57. The minimum Gasteiger partial charge on any atom is -0.344 e. The van der Waals surface area contributed by atoms with Crippen LogP contribution in [0, 0.1) is 17.5 Å². The van der Waals surface area contributed by atoms with Crippen LogP contribution in [0.3, 0.4) is 0 Å². The first-order valence-electron chi connectivity index (χ1n) is 6.56. The zero-order valence-corrected chi connectivity index (χ0v) is 12.3. The molecule has 1 N–H and O–H groups in total. The largest absolute Gasteiger partial charge is 0.344 e. The number of rotatable bonds is 2. The molecule has 0 saturated heterocycles. The van der Waals surface area contributed by atoms with Crippen molar-refractivity contribution in [3.63, 3.8) is 0 Å². The molecule has 3 rings (SSSR count). The van der Waals surface area contributed by atoms with Crippen LogP contribution in [0.15, 0.2) is 41.3 Å². The van der Waals surface area contributed by atoms with Crippen molar-refractivity contribution in [3.05, 3.63) is 65.0 Å². The van der Waals surface area contributed by atoms with E-state index in [0.717, 1.165) is 0 Å². The van der Waals surface area contributed by atoms with Crippen LogP contribution in [0.4, 0.5) is 13.2 Å². The fourth-order valence-corrected chi connectivity index (χ4v) is 4.23. The second kappa shape index (κ2) is 5.38. The Morgan fingerprint density at radius 1 is 1.09 bits per heavy atom. The molecule has 0 aromatic heterocycles. The lowest BCUT2D eigenvalue weighted by atomic mass is 10.1. The third kappa shape index (κ3) is 2.70. The molecule has 1 aliphatic rings. The Morgan fingerprint density at radius 3 is 2.35 bits per heavy atom. The molecule has 0 aliphatic carbocycles. The van der Waals surface area contributed by atoms with Crippen molar-refractivity contribution < 1.29 is 26.4 Å². The Kier molecular flexibility index (Phi) is 3.63. The molecule has 23 heavy (non-hydrogen) atoms. The number of nitrogens with one attached hydrogen (secondary N) is 1. The average Bonchev–Trinajstić information content (AvgIpc) is 2.76. The average molecular weight is 341 g/mol. The van der Waals surface area contributed by atoms with Crippen molar-refractivity contribution in [2.45, 2.75) is 10.9 Å². The molecule has 0 saturated carbocycles. The van der Waals surface area contributed by atoms with Gasteiger partial charge >= 0.3 is 0 Å². The monoisotopic (exact) mass is 341 g/mol. The van der Waals surface area contributed by atoms with Gasteiger partial charge in [-0.2, -0.15) is 0 Å². The number of benzene rings is 2. The van der Waals surface area contributed by atoms with E-state index in [0.29, 0.717) is 17.7 Å². The third-order valence-corrected chi connectivity index (χ3v) is 5.38. The van der Waals surface area contributed by atoms with Gasteiger partial charge in [-0.15, -0.1) is 0 Å². The molecule has 120 valence electrons. The van der Waals surface area contributed by atoms with Gasteiger partial charge in [-0.3, -0.25) is 4.79 Å². The summed E-state index contributed by atoms with van der Waals surface area (Å²) >= 11 is 0. The van der Waals surface area contributed by atoms with Crippen LogP contribution in [0.2, 0.25) is 0 Å². The number of amides is 1. The molecule has 0 spiro atoms. The lowest BCUT2D eigenvalue weighted by Crippen LogP contribution is -2.29. The molecule has 2 aromatic rings. The Bertz CT molecular complexity index is 889. The van der Waals surface area contributed by atoms with E-state index in [1.807, 2.05) is 0 Å². The Balaban J connectivity index is 1.91. The molecule has 2 aromatic carbocycles. The van der Waals surface area contributed by atoms with E-state index in [9.17, 15) is 26.4 Å². The maximum absolute atomic E-state index is 13.2. The van der Waals surface area contributed by atoms with E-state index < -0.39 is 44.8 Å². The summed E-state index contributed by atoms with van der Waals surface area (Å²) in [5, 5.41) is 2.41. The second-order valence-corrected chi connectivity index (χ2v) is 7.10. The van der Waals surface area contributed by atoms with Crippen LogP contribution < -0.4 is 5.32 Å². The summed E-state index contributed by atoms with van der Waals surface area (Å²) in [4.78, 5) is 12.2. The zero-order valence-electron chi connectivity index (χ0n) is 11.5. The zero-order chi connectivity index (χ0) is 16.8. The molecule has 1 amide bonds. The van der Waals surface area contributed by atoms with Crippen molar-refractivity contribution >= 4 is 15.7 Å². The SMILES string of the molecule is O=C(N[C@H]1CS(=O)(=O)c2ccccc21)c1cc(F)c(F)c(F)c1. The summed E-state index contributed by atoms with van der Waals surface area (Å²) in [6, 6.07) is 6.44. The summed E-state index contributed by atoms with van der Waals surface area (Å²) in [6.07, 6.45) is 0. The Labute approximate surface area is 129 Å². The lowest BCUT2D eigenvalue weighted by molar-refractivity contribution is 0.0939. The fourth-order valence-electron chi connectivity index (χ4n) is 2.50. The van der Waals surface area contributed by atoms with Crippen molar-refractivity contribution in [1.82, 2.24) is 5.32 Å². The highest BCUT2D eigenvalue weighted by atomic mass is 32.2. The summed E-state index contributed by atoms with van der Waals surface area (Å²) in [6.45, 7) is 0. The summed E-state index contributed by atoms with van der Waals surface area (Å²) in [7, 11) is -3.53. The quantitative estimate of drug-likeness (QED) is 0.853.